The number of anilines is 2. The predicted octanol–water partition coefficient (Wildman–Crippen LogP) is 4.68. The Bertz CT molecular complexity index is 653. The van der Waals surface area contributed by atoms with Crippen molar-refractivity contribution in [3.63, 3.8) is 0 Å². The van der Waals surface area contributed by atoms with Crippen LogP contribution < -0.4 is 10.2 Å². The van der Waals surface area contributed by atoms with E-state index in [1.54, 1.807) is 0 Å². The highest BCUT2D eigenvalue weighted by Crippen LogP contribution is 2.31. The molecule has 160 valence electrons. The third-order valence-electron chi connectivity index (χ3n) is 6.63. The van der Waals surface area contributed by atoms with E-state index >= 15 is 0 Å². The summed E-state index contributed by atoms with van der Waals surface area (Å²) < 4.78 is 0. The van der Waals surface area contributed by atoms with Crippen LogP contribution in [0.1, 0.15) is 65.2 Å². The highest BCUT2D eigenvalue weighted by atomic mass is 16.2. The molecule has 1 aromatic rings. The summed E-state index contributed by atoms with van der Waals surface area (Å²) in [5, 5.41) is 3.08. The van der Waals surface area contributed by atoms with Crippen LogP contribution in [-0.4, -0.2) is 42.9 Å². The largest absolute Gasteiger partial charge is 0.372 e. The van der Waals surface area contributed by atoms with Gasteiger partial charge in [-0.15, -0.1) is 0 Å². The van der Waals surface area contributed by atoms with Crippen molar-refractivity contribution in [2.45, 2.75) is 65.2 Å². The second-order valence-corrected chi connectivity index (χ2v) is 8.50. The zero-order valence-corrected chi connectivity index (χ0v) is 18.2. The number of likely N-dealkylation sites (tertiary alicyclic amines) is 1. The number of nitrogens with zero attached hydrogens (tertiary/aromatic N) is 2. The SMILES string of the molecule is CCN(CC)c1ccc(NC(=O)C2CCC(C(=O)N3CCCCCC3)CC2)cc1. The zero-order valence-electron chi connectivity index (χ0n) is 18.2. The average molecular weight is 400 g/mol. The molecular weight excluding hydrogens is 362 g/mol. The Morgan fingerprint density at radius 3 is 2.00 bits per heavy atom. The van der Waals surface area contributed by atoms with Crippen molar-refractivity contribution in [2.24, 2.45) is 11.8 Å². The Kier molecular flexibility index (Phi) is 7.96. The molecule has 0 radical (unpaired) electrons. The molecule has 1 saturated carbocycles. The fourth-order valence-corrected chi connectivity index (χ4v) is 4.74. The van der Waals surface area contributed by atoms with Crippen LogP contribution in [0.3, 0.4) is 0 Å². The predicted molar refractivity (Wildman–Crippen MR) is 119 cm³/mol. The molecule has 2 aliphatic rings. The summed E-state index contributed by atoms with van der Waals surface area (Å²) in [6, 6.07) is 8.11. The molecule has 1 N–H and O–H groups in total. The molecule has 1 aliphatic heterocycles. The second-order valence-electron chi connectivity index (χ2n) is 8.50. The molecule has 1 saturated heterocycles. The van der Waals surface area contributed by atoms with Gasteiger partial charge in [-0.05, 0) is 76.6 Å². The van der Waals surface area contributed by atoms with Gasteiger partial charge in [-0.25, -0.2) is 0 Å². The van der Waals surface area contributed by atoms with Crippen molar-refractivity contribution in [2.75, 3.05) is 36.4 Å². The lowest BCUT2D eigenvalue weighted by Gasteiger charge is -2.31. The van der Waals surface area contributed by atoms with Crippen molar-refractivity contribution in [3.8, 4) is 0 Å². The number of hydrogen-bond donors (Lipinski definition) is 1. The fraction of sp³-hybridized carbons (Fsp3) is 0.667. The summed E-state index contributed by atoms with van der Waals surface area (Å²) in [5.74, 6) is 0.565. The summed E-state index contributed by atoms with van der Waals surface area (Å²) >= 11 is 0. The summed E-state index contributed by atoms with van der Waals surface area (Å²) in [6.07, 6.45) is 8.07. The van der Waals surface area contributed by atoms with E-state index in [1.807, 2.05) is 12.1 Å². The van der Waals surface area contributed by atoms with Gasteiger partial charge >= 0.3 is 0 Å². The topological polar surface area (TPSA) is 52.7 Å². The molecule has 5 nitrogen and oxygen atoms in total. The smallest absolute Gasteiger partial charge is 0.227 e. The molecule has 0 bridgehead atoms. The van der Waals surface area contributed by atoms with Gasteiger partial charge in [0.1, 0.15) is 0 Å². The van der Waals surface area contributed by atoms with E-state index < -0.39 is 0 Å². The molecule has 2 fully saturated rings. The Hall–Kier alpha value is -2.04. The van der Waals surface area contributed by atoms with Gasteiger partial charge in [0.15, 0.2) is 0 Å². The van der Waals surface area contributed by atoms with Crippen molar-refractivity contribution in [3.05, 3.63) is 24.3 Å². The zero-order chi connectivity index (χ0) is 20.6. The van der Waals surface area contributed by atoms with Gasteiger partial charge < -0.3 is 15.1 Å². The molecule has 1 aromatic carbocycles. The van der Waals surface area contributed by atoms with Crippen LogP contribution in [0.15, 0.2) is 24.3 Å². The van der Waals surface area contributed by atoms with Crippen LogP contribution >= 0.6 is 0 Å². The number of rotatable bonds is 6. The minimum Gasteiger partial charge on any atom is -0.372 e. The van der Waals surface area contributed by atoms with Gasteiger partial charge in [0.05, 0.1) is 0 Å². The monoisotopic (exact) mass is 399 g/mol. The van der Waals surface area contributed by atoms with E-state index in [0.717, 1.165) is 70.4 Å². The summed E-state index contributed by atoms with van der Waals surface area (Å²) in [6.45, 7) is 8.08. The Morgan fingerprint density at radius 2 is 1.45 bits per heavy atom. The van der Waals surface area contributed by atoms with E-state index in [0.29, 0.717) is 5.91 Å². The standard InChI is InChI=1S/C24H37N3O2/c1-3-26(4-2)22-15-13-21(14-16-22)25-23(28)19-9-11-20(12-10-19)24(29)27-17-7-5-6-8-18-27/h13-16,19-20H,3-12,17-18H2,1-2H3,(H,25,28). The molecule has 0 spiro atoms. The molecule has 0 aromatic heterocycles. The van der Waals surface area contributed by atoms with Crippen LogP contribution in [0.25, 0.3) is 0 Å². The van der Waals surface area contributed by atoms with Crippen molar-refractivity contribution < 1.29 is 9.59 Å². The molecule has 0 atom stereocenters. The molecule has 0 unspecified atom stereocenters. The van der Waals surface area contributed by atoms with Gasteiger partial charge in [-0.2, -0.15) is 0 Å². The minimum absolute atomic E-state index is 0.0191. The van der Waals surface area contributed by atoms with Crippen molar-refractivity contribution >= 4 is 23.2 Å². The first kappa shape index (κ1) is 21.7. The van der Waals surface area contributed by atoms with Gasteiger partial charge in [0, 0.05) is 49.4 Å². The number of carbonyl (C=O) groups excluding carboxylic acids is 2. The lowest BCUT2D eigenvalue weighted by Crippen LogP contribution is -2.39. The highest BCUT2D eigenvalue weighted by Gasteiger charge is 2.32. The molecule has 29 heavy (non-hydrogen) atoms. The molecule has 1 heterocycles. The molecule has 1 aliphatic carbocycles. The highest BCUT2D eigenvalue weighted by molar-refractivity contribution is 5.93. The van der Waals surface area contributed by atoms with Crippen molar-refractivity contribution in [1.29, 1.82) is 0 Å². The Labute approximate surface area is 175 Å². The van der Waals surface area contributed by atoms with E-state index in [4.69, 9.17) is 0 Å². The van der Waals surface area contributed by atoms with Gasteiger partial charge in [0.2, 0.25) is 11.8 Å². The summed E-state index contributed by atoms with van der Waals surface area (Å²) in [4.78, 5) is 29.9. The van der Waals surface area contributed by atoms with Crippen LogP contribution in [0.5, 0.6) is 0 Å². The number of nitrogens with one attached hydrogen (secondary N) is 1. The van der Waals surface area contributed by atoms with Gasteiger partial charge in [0.25, 0.3) is 0 Å². The number of benzene rings is 1. The first-order chi connectivity index (χ1) is 14.1. The molecule has 3 rings (SSSR count). The van der Waals surface area contributed by atoms with Crippen LogP contribution in [0.4, 0.5) is 11.4 Å². The third-order valence-corrected chi connectivity index (χ3v) is 6.63. The first-order valence-corrected chi connectivity index (χ1v) is 11.6. The molecular formula is C24H37N3O2. The number of hydrogen-bond acceptors (Lipinski definition) is 3. The van der Waals surface area contributed by atoms with Gasteiger partial charge in [-0.1, -0.05) is 12.8 Å². The first-order valence-electron chi connectivity index (χ1n) is 11.6. The number of amides is 2. The average Bonchev–Trinajstić information content (AvgIpc) is 3.05. The molecule has 2 amide bonds. The van der Waals surface area contributed by atoms with E-state index in [1.165, 1.54) is 18.5 Å². The molecule has 5 heteroatoms. The summed E-state index contributed by atoms with van der Waals surface area (Å²) in [5.41, 5.74) is 2.04. The Balaban J connectivity index is 1.47. The number of carbonyl (C=O) groups is 2. The van der Waals surface area contributed by atoms with E-state index in [9.17, 15) is 9.59 Å². The fourth-order valence-electron chi connectivity index (χ4n) is 4.74. The maximum atomic E-state index is 12.8. The van der Waals surface area contributed by atoms with Crippen LogP contribution in [0, 0.1) is 11.8 Å². The normalized spacial score (nSPS) is 22.6. The Morgan fingerprint density at radius 1 is 0.897 bits per heavy atom. The second kappa shape index (κ2) is 10.7. The maximum Gasteiger partial charge on any atom is 0.227 e. The van der Waals surface area contributed by atoms with Crippen LogP contribution in [-0.2, 0) is 9.59 Å². The summed E-state index contributed by atoms with van der Waals surface area (Å²) in [7, 11) is 0. The van der Waals surface area contributed by atoms with Crippen molar-refractivity contribution in [1.82, 2.24) is 4.90 Å². The minimum atomic E-state index is 0.0191. The quantitative estimate of drug-likeness (QED) is 0.756. The van der Waals surface area contributed by atoms with Gasteiger partial charge in [-0.3, -0.25) is 9.59 Å². The van der Waals surface area contributed by atoms with E-state index in [-0.39, 0.29) is 17.7 Å². The lowest BCUT2D eigenvalue weighted by molar-refractivity contribution is -0.137. The third kappa shape index (κ3) is 5.74. The van der Waals surface area contributed by atoms with E-state index in [2.05, 4.69) is 41.1 Å². The lowest BCUT2D eigenvalue weighted by atomic mass is 9.81. The maximum absolute atomic E-state index is 12.8. The van der Waals surface area contributed by atoms with Crippen LogP contribution in [0.2, 0.25) is 0 Å².